The maximum Gasteiger partial charge on any atom is 0.426 e. The van der Waals surface area contributed by atoms with Gasteiger partial charge in [0, 0.05) is 0 Å². The van der Waals surface area contributed by atoms with Gasteiger partial charge in [0.1, 0.15) is 5.60 Å². The van der Waals surface area contributed by atoms with Crippen LogP contribution in [0.1, 0.15) is 20.8 Å². The van der Waals surface area contributed by atoms with Crippen molar-refractivity contribution in [2.75, 3.05) is 19.8 Å². The number of hydrogen-bond donors (Lipinski definition) is 0. The summed E-state index contributed by atoms with van der Waals surface area (Å²) in [6.07, 6.45) is -0.856. The molecule has 0 aromatic carbocycles. The maximum atomic E-state index is 12.2. The largest absolute Gasteiger partial charge is 0.443 e. The van der Waals surface area contributed by atoms with Gasteiger partial charge in [0.05, 0.1) is 25.9 Å². The quantitative estimate of drug-likeness (QED) is 0.711. The maximum absolute atomic E-state index is 12.2. The highest BCUT2D eigenvalue weighted by atomic mass is 32.2. The highest BCUT2D eigenvalue weighted by molar-refractivity contribution is 7.85. The molecule has 3 fully saturated rings. The van der Waals surface area contributed by atoms with Crippen molar-refractivity contribution in [2.24, 2.45) is 17.8 Å². The molecular weight excluding hydrogens is 286 g/mol. The van der Waals surface area contributed by atoms with Gasteiger partial charge in [0.15, 0.2) is 0 Å². The van der Waals surface area contributed by atoms with Gasteiger partial charge in [-0.3, -0.25) is 4.18 Å². The Labute approximate surface area is 118 Å². The van der Waals surface area contributed by atoms with E-state index >= 15 is 0 Å². The molecule has 3 aliphatic rings. The van der Waals surface area contributed by atoms with Crippen molar-refractivity contribution in [1.82, 2.24) is 4.31 Å². The predicted octanol–water partition coefficient (Wildman–Crippen LogP) is 0.760. The molecule has 2 heterocycles. The molecule has 114 valence electrons. The molecule has 1 saturated carbocycles. The van der Waals surface area contributed by atoms with Crippen LogP contribution in [0, 0.1) is 17.8 Å². The molecule has 1 amide bonds. The molecule has 20 heavy (non-hydrogen) atoms. The fourth-order valence-electron chi connectivity index (χ4n) is 3.10. The highest BCUT2D eigenvalue weighted by Gasteiger charge is 2.63. The summed E-state index contributed by atoms with van der Waals surface area (Å²) >= 11 is 0. The van der Waals surface area contributed by atoms with Crippen LogP contribution < -0.4 is 0 Å². The van der Waals surface area contributed by atoms with Crippen molar-refractivity contribution in [3.63, 3.8) is 0 Å². The van der Waals surface area contributed by atoms with Crippen LogP contribution in [-0.4, -0.2) is 50.3 Å². The second-order valence-electron chi connectivity index (χ2n) is 6.53. The third kappa shape index (κ3) is 2.29. The third-order valence-electron chi connectivity index (χ3n) is 3.97. The van der Waals surface area contributed by atoms with Crippen molar-refractivity contribution in [1.29, 1.82) is 0 Å². The molecule has 2 saturated heterocycles. The number of carbonyl (C=O) groups is 1. The Bertz CT molecular complexity index is 515. The number of fused-ring (bicyclic) bond motifs is 1. The summed E-state index contributed by atoms with van der Waals surface area (Å²) in [7, 11) is -4.03. The van der Waals surface area contributed by atoms with Crippen LogP contribution in [0.2, 0.25) is 0 Å². The zero-order chi connectivity index (χ0) is 14.7. The predicted molar refractivity (Wildman–Crippen MR) is 68.0 cm³/mol. The summed E-state index contributed by atoms with van der Waals surface area (Å²) in [5.41, 5.74) is -0.748. The molecule has 2 aliphatic heterocycles. The molecule has 7 nitrogen and oxygen atoms in total. The molecule has 0 spiro atoms. The van der Waals surface area contributed by atoms with Crippen molar-refractivity contribution in [2.45, 2.75) is 32.4 Å². The fourth-order valence-corrected chi connectivity index (χ4v) is 4.28. The molecule has 1 unspecified atom stereocenters. The van der Waals surface area contributed by atoms with Crippen molar-refractivity contribution < 1.29 is 26.9 Å². The Morgan fingerprint density at radius 1 is 1.20 bits per heavy atom. The molecule has 1 aliphatic carbocycles. The summed E-state index contributed by atoms with van der Waals surface area (Å²) in [6.45, 7) is 6.37. The van der Waals surface area contributed by atoms with Gasteiger partial charge in [0.25, 0.3) is 0 Å². The van der Waals surface area contributed by atoms with Crippen LogP contribution in [0.4, 0.5) is 4.79 Å². The minimum absolute atomic E-state index is 0.0131. The fraction of sp³-hybridized carbons (Fsp3) is 0.917. The van der Waals surface area contributed by atoms with Crippen LogP contribution in [0.25, 0.3) is 0 Å². The van der Waals surface area contributed by atoms with Gasteiger partial charge in [-0.15, -0.1) is 0 Å². The van der Waals surface area contributed by atoms with Crippen molar-refractivity contribution >= 4 is 16.4 Å². The Morgan fingerprint density at radius 2 is 1.80 bits per heavy atom. The van der Waals surface area contributed by atoms with Gasteiger partial charge in [-0.25, -0.2) is 4.79 Å². The number of rotatable bonds is 1. The van der Waals surface area contributed by atoms with E-state index in [2.05, 4.69) is 0 Å². The zero-order valence-electron chi connectivity index (χ0n) is 11.7. The average Bonchev–Trinajstić information content (AvgIpc) is 2.67. The van der Waals surface area contributed by atoms with Gasteiger partial charge in [-0.05, 0) is 38.5 Å². The number of amides is 1. The molecule has 8 heteroatoms. The van der Waals surface area contributed by atoms with Crippen LogP contribution >= 0.6 is 0 Å². The minimum atomic E-state index is -4.03. The van der Waals surface area contributed by atoms with E-state index in [1.165, 1.54) is 0 Å². The van der Waals surface area contributed by atoms with E-state index in [0.717, 1.165) is 4.31 Å². The number of nitrogens with zero attached hydrogens (tertiary/aromatic N) is 1. The Balaban J connectivity index is 1.79. The second-order valence-corrected chi connectivity index (χ2v) is 8.01. The summed E-state index contributed by atoms with van der Waals surface area (Å²) in [5.74, 6) is 0.803. The normalized spacial score (nSPS) is 38.6. The monoisotopic (exact) mass is 305 g/mol. The van der Waals surface area contributed by atoms with Crippen LogP contribution in [0.3, 0.4) is 0 Å². The summed E-state index contributed by atoms with van der Waals surface area (Å²) in [5, 5.41) is 0. The smallest absolute Gasteiger partial charge is 0.426 e. The number of carbonyl (C=O) groups excluding carboxylic acids is 1. The molecule has 0 aromatic rings. The Kier molecular flexibility index (Phi) is 3.04. The Hall–Kier alpha value is -0.860. The SMILES string of the molecule is CC(C)(C)OC(=O)N1C([C@@H]2[C@@H]3COC[C@@H]32)COS1(=O)=O. The topological polar surface area (TPSA) is 82.1 Å². The van der Waals surface area contributed by atoms with E-state index in [4.69, 9.17) is 13.7 Å². The minimum Gasteiger partial charge on any atom is -0.443 e. The van der Waals surface area contributed by atoms with E-state index < -0.39 is 28.0 Å². The van der Waals surface area contributed by atoms with Gasteiger partial charge in [-0.1, -0.05) is 0 Å². The lowest BCUT2D eigenvalue weighted by molar-refractivity contribution is 0.0322. The first-order chi connectivity index (χ1) is 9.21. The van der Waals surface area contributed by atoms with E-state index in [-0.39, 0.29) is 12.5 Å². The van der Waals surface area contributed by atoms with E-state index in [1.807, 2.05) is 0 Å². The zero-order valence-corrected chi connectivity index (χ0v) is 12.6. The number of hydrogen-bond acceptors (Lipinski definition) is 6. The first-order valence-corrected chi connectivity index (χ1v) is 8.07. The molecular formula is C12H19NO6S. The first kappa shape index (κ1) is 14.1. The van der Waals surface area contributed by atoms with Crippen LogP contribution in [0.5, 0.6) is 0 Å². The molecule has 0 aromatic heterocycles. The number of ether oxygens (including phenoxy) is 2. The van der Waals surface area contributed by atoms with Gasteiger partial charge in [0.2, 0.25) is 0 Å². The van der Waals surface area contributed by atoms with Gasteiger partial charge in [-0.2, -0.15) is 12.7 Å². The standard InChI is InChI=1S/C12H19NO6S/c1-12(2,3)19-11(14)13-9(6-18-20(13,15)16)10-7-4-17-5-8(7)10/h7-10H,4-6H2,1-3H3/t7-,8+,9?,10-. The summed E-state index contributed by atoms with van der Waals surface area (Å²) in [6, 6.07) is -0.464. The first-order valence-electron chi connectivity index (χ1n) is 6.70. The van der Waals surface area contributed by atoms with E-state index in [1.54, 1.807) is 20.8 Å². The van der Waals surface area contributed by atoms with Crippen molar-refractivity contribution in [3.05, 3.63) is 0 Å². The lowest BCUT2D eigenvalue weighted by Gasteiger charge is -2.26. The van der Waals surface area contributed by atoms with E-state index in [0.29, 0.717) is 25.0 Å². The van der Waals surface area contributed by atoms with Crippen LogP contribution in [-0.2, 0) is 24.0 Å². The summed E-state index contributed by atoms with van der Waals surface area (Å²) < 4.78 is 39.9. The highest BCUT2D eigenvalue weighted by Crippen LogP contribution is 2.55. The lowest BCUT2D eigenvalue weighted by Crippen LogP contribution is -2.44. The van der Waals surface area contributed by atoms with Crippen molar-refractivity contribution in [3.8, 4) is 0 Å². The molecule has 0 N–H and O–H groups in total. The molecule has 3 rings (SSSR count). The third-order valence-corrected chi connectivity index (χ3v) is 5.30. The molecule has 4 atom stereocenters. The molecule has 0 bridgehead atoms. The molecule has 0 radical (unpaired) electrons. The van der Waals surface area contributed by atoms with Gasteiger partial charge >= 0.3 is 16.4 Å². The van der Waals surface area contributed by atoms with Gasteiger partial charge < -0.3 is 9.47 Å². The van der Waals surface area contributed by atoms with E-state index in [9.17, 15) is 13.2 Å². The average molecular weight is 305 g/mol. The Morgan fingerprint density at radius 3 is 2.35 bits per heavy atom. The lowest BCUT2D eigenvalue weighted by atomic mass is 10.1. The summed E-state index contributed by atoms with van der Waals surface area (Å²) in [4.78, 5) is 12.2. The van der Waals surface area contributed by atoms with Crippen LogP contribution in [0.15, 0.2) is 0 Å². The second kappa shape index (κ2) is 4.32.